The molecule has 1 unspecified atom stereocenters. The molecule has 17 heavy (non-hydrogen) atoms. The molecule has 2 N–H and O–H groups in total. The average Bonchev–Trinajstić information content (AvgIpc) is 2.25. The molecule has 0 aromatic rings. The second-order valence-electron chi connectivity index (χ2n) is 5.66. The topological polar surface area (TPSA) is 41.5 Å². The van der Waals surface area contributed by atoms with Crippen molar-refractivity contribution in [3.63, 3.8) is 0 Å². The predicted octanol–water partition coefficient (Wildman–Crippen LogP) is 2.48. The lowest BCUT2D eigenvalue weighted by molar-refractivity contribution is 0.0221. The second-order valence-corrected chi connectivity index (χ2v) is 5.66. The standard InChI is InChI=1S/C14H29NO2/c1-14(16,10-11-17-2)12-15-13-8-6-4-3-5-7-9-13/h13,15-16H,3-12H2,1-2H3. The minimum absolute atomic E-state index is 0.601. The van der Waals surface area contributed by atoms with E-state index in [1.54, 1.807) is 7.11 Å². The number of nitrogens with one attached hydrogen (secondary N) is 1. The summed E-state index contributed by atoms with van der Waals surface area (Å²) >= 11 is 0. The fourth-order valence-electron chi connectivity index (χ4n) is 2.43. The van der Waals surface area contributed by atoms with Crippen molar-refractivity contribution in [2.45, 2.75) is 69.9 Å². The van der Waals surface area contributed by atoms with E-state index in [1.165, 1.54) is 44.9 Å². The summed E-state index contributed by atoms with van der Waals surface area (Å²) in [5.41, 5.74) is -0.640. The molecule has 1 saturated carbocycles. The zero-order valence-corrected chi connectivity index (χ0v) is 11.5. The molecule has 102 valence electrons. The van der Waals surface area contributed by atoms with E-state index in [4.69, 9.17) is 4.74 Å². The Labute approximate surface area is 106 Å². The maximum absolute atomic E-state index is 10.2. The Balaban J connectivity index is 2.22. The van der Waals surface area contributed by atoms with Crippen LogP contribution in [0.25, 0.3) is 0 Å². The average molecular weight is 243 g/mol. The van der Waals surface area contributed by atoms with Crippen molar-refractivity contribution in [2.75, 3.05) is 20.3 Å². The van der Waals surface area contributed by atoms with Crippen LogP contribution in [0.4, 0.5) is 0 Å². The molecular weight excluding hydrogens is 214 g/mol. The number of ether oxygens (including phenoxy) is 1. The zero-order chi connectivity index (χ0) is 12.6. The van der Waals surface area contributed by atoms with E-state index < -0.39 is 5.60 Å². The van der Waals surface area contributed by atoms with Crippen molar-refractivity contribution in [3.05, 3.63) is 0 Å². The first-order valence-corrected chi connectivity index (χ1v) is 7.09. The van der Waals surface area contributed by atoms with Gasteiger partial charge in [-0.15, -0.1) is 0 Å². The molecule has 1 atom stereocenters. The molecule has 0 radical (unpaired) electrons. The molecule has 3 heteroatoms. The van der Waals surface area contributed by atoms with Gasteiger partial charge in [0.05, 0.1) is 5.60 Å². The van der Waals surface area contributed by atoms with Gasteiger partial charge in [0.1, 0.15) is 0 Å². The van der Waals surface area contributed by atoms with Crippen molar-refractivity contribution in [1.29, 1.82) is 0 Å². The molecule has 1 fully saturated rings. The van der Waals surface area contributed by atoms with Gasteiger partial charge in [-0.05, 0) is 19.8 Å². The fraction of sp³-hybridized carbons (Fsp3) is 1.00. The van der Waals surface area contributed by atoms with Crippen LogP contribution in [0.2, 0.25) is 0 Å². The van der Waals surface area contributed by atoms with Crippen LogP contribution < -0.4 is 5.32 Å². The summed E-state index contributed by atoms with van der Waals surface area (Å²) in [6.07, 6.45) is 10.0. The van der Waals surface area contributed by atoms with E-state index in [-0.39, 0.29) is 0 Å². The Hall–Kier alpha value is -0.120. The maximum atomic E-state index is 10.2. The highest BCUT2D eigenvalue weighted by atomic mass is 16.5. The molecule has 3 nitrogen and oxygen atoms in total. The number of rotatable bonds is 6. The Morgan fingerprint density at radius 1 is 1.18 bits per heavy atom. The number of aliphatic hydroxyl groups is 1. The first kappa shape index (κ1) is 14.9. The maximum Gasteiger partial charge on any atom is 0.0765 e. The highest BCUT2D eigenvalue weighted by molar-refractivity contribution is 4.79. The smallest absolute Gasteiger partial charge is 0.0765 e. The molecule has 0 heterocycles. The lowest BCUT2D eigenvalue weighted by Crippen LogP contribution is -2.43. The van der Waals surface area contributed by atoms with Crippen LogP contribution in [-0.2, 0) is 4.74 Å². The van der Waals surface area contributed by atoms with E-state index in [2.05, 4.69) is 5.32 Å². The van der Waals surface area contributed by atoms with Crippen LogP contribution in [-0.4, -0.2) is 37.0 Å². The monoisotopic (exact) mass is 243 g/mol. The SMILES string of the molecule is COCCC(C)(O)CNC1CCCCCCC1. The third kappa shape index (κ3) is 7.02. The zero-order valence-electron chi connectivity index (χ0n) is 11.5. The van der Waals surface area contributed by atoms with Gasteiger partial charge in [0, 0.05) is 32.7 Å². The fourth-order valence-corrected chi connectivity index (χ4v) is 2.43. The summed E-state index contributed by atoms with van der Waals surface area (Å²) in [5.74, 6) is 0. The summed E-state index contributed by atoms with van der Waals surface area (Å²) < 4.78 is 5.02. The van der Waals surface area contributed by atoms with Crippen LogP contribution in [0.5, 0.6) is 0 Å². The number of methoxy groups -OCH3 is 1. The Morgan fingerprint density at radius 3 is 2.35 bits per heavy atom. The number of hydrogen-bond acceptors (Lipinski definition) is 3. The molecule has 1 aliphatic carbocycles. The highest BCUT2D eigenvalue weighted by Gasteiger charge is 2.21. The molecule has 0 spiro atoms. The van der Waals surface area contributed by atoms with Crippen molar-refractivity contribution in [2.24, 2.45) is 0 Å². The summed E-state index contributed by atoms with van der Waals surface area (Å²) in [5, 5.41) is 13.7. The van der Waals surface area contributed by atoms with Crippen LogP contribution in [0.1, 0.15) is 58.3 Å². The summed E-state index contributed by atoms with van der Waals surface area (Å²) in [6, 6.07) is 0.601. The molecule has 0 aromatic carbocycles. The molecule has 0 bridgehead atoms. The first-order chi connectivity index (χ1) is 8.14. The summed E-state index contributed by atoms with van der Waals surface area (Å²) in [7, 11) is 1.68. The van der Waals surface area contributed by atoms with E-state index in [0.29, 0.717) is 25.6 Å². The summed E-state index contributed by atoms with van der Waals surface area (Å²) in [6.45, 7) is 3.20. The minimum atomic E-state index is -0.640. The van der Waals surface area contributed by atoms with Crippen molar-refractivity contribution >= 4 is 0 Å². The number of hydrogen-bond donors (Lipinski definition) is 2. The molecular formula is C14H29NO2. The quantitative estimate of drug-likeness (QED) is 0.753. The van der Waals surface area contributed by atoms with Gasteiger partial charge in [0.15, 0.2) is 0 Å². The highest BCUT2D eigenvalue weighted by Crippen LogP contribution is 2.18. The molecule has 1 rings (SSSR count). The third-order valence-corrected chi connectivity index (χ3v) is 3.72. The largest absolute Gasteiger partial charge is 0.389 e. The second kappa shape index (κ2) is 8.06. The van der Waals surface area contributed by atoms with Gasteiger partial charge in [0.25, 0.3) is 0 Å². The van der Waals surface area contributed by atoms with Crippen LogP contribution in [0.3, 0.4) is 0 Å². The van der Waals surface area contributed by atoms with Gasteiger partial charge < -0.3 is 15.2 Å². The normalized spacial score (nSPS) is 22.8. The van der Waals surface area contributed by atoms with E-state index in [9.17, 15) is 5.11 Å². The third-order valence-electron chi connectivity index (χ3n) is 3.72. The van der Waals surface area contributed by atoms with Gasteiger partial charge >= 0.3 is 0 Å². The Kier molecular flexibility index (Phi) is 7.09. The van der Waals surface area contributed by atoms with E-state index >= 15 is 0 Å². The van der Waals surface area contributed by atoms with Gasteiger partial charge in [-0.3, -0.25) is 0 Å². The van der Waals surface area contributed by atoms with Crippen LogP contribution >= 0.6 is 0 Å². The molecule has 0 amide bonds. The molecule has 0 saturated heterocycles. The minimum Gasteiger partial charge on any atom is -0.389 e. The Morgan fingerprint density at radius 2 is 1.76 bits per heavy atom. The summed E-state index contributed by atoms with van der Waals surface area (Å²) in [4.78, 5) is 0. The van der Waals surface area contributed by atoms with Crippen LogP contribution in [0.15, 0.2) is 0 Å². The van der Waals surface area contributed by atoms with Crippen molar-refractivity contribution in [1.82, 2.24) is 5.32 Å². The molecule has 0 aliphatic heterocycles. The van der Waals surface area contributed by atoms with Crippen molar-refractivity contribution < 1.29 is 9.84 Å². The lowest BCUT2D eigenvalue weighted by Gasteiger charge is -2.28. The van der Waals surface area contributed by atoms with Gasteiger partial charge in [0.2, 0.25) is 0 Å². The molecule has 1 aliphatic rings. The van der Waals surface area contributed by atoms with E-state index in [1.807, 2.05) is 6.92 Å². The van der Waals surface area contributed by atoms with Crippen LogP contribution in [0, 0.1) is 0 Å². The first-order valence-electron chi connectivity index (χ1n) is 7.09. The van der Waals surface area contributed by atoms with Crippen molar-refractivity contribution in [3.8, 4) is 0 Å². The molecule has 0 aromatic heterocycles. The predicted molar refractivity (Wildman–Crippen MR) is 71.2 cm³/mol. The van der Waals surface area contributed by atoms with E-state index in [0.717, 1.165) is 0 Å². The van der Waals surface area contributed by atoms with Gasteiger partial charge in [-0.2, -0.15) is 0 Å². The Bertz CT molecular complexity index is 187. The lowest BCUT2D eigenvalue weighted by atomic mass is 9.95. The van der Waals surface area contributed by atoms with Gasteiger partial charge in [-0.1, -0.05) is 32.1 Å². The van der Waals surface area contributed by atoms with Gasteiger partial charge in [-0.25, -0.2) is 0 Å².